The van der Waals surface area contributed by atoms with Gasteiger partial charge in [-0.15, -0.1) is 0 Å². The standard InChI is InChI=1S/C20H24N4O3.C7H8O3S/c25-17-4-3-16(18(26)22-17)24-10-13-9-14(1-2-15(13)19(24)27)23-11-20(12-23)5-7-21-8-6-20;1-6-2-4-7(5-3-6)11(8,9)10/h1-2,9,16,21H,3-8,10-12H2,(H,22,25,26);2-5H,1H3,(H,8,9,10)/t16-;/m0./s1. The van der Waals surface area contributed by atoms with Crippen molar-refractivity contribution in [1.29, 1.82) is 0 Å². The van der Waals surface area contributed by atoms with E-state index in [1.807, 2.05) is 19.1 Å². The molecule has 202 valence electrons. The van der Waals surface area contributed by atoms with Gasteiger partial charge in [0.15, 0.2) is 0 Å². The lowest BCUT2D eigenvalue weighted by molar-refractivity contribution is -0.136. The summed E-state index contributed by atoms with van der Waals surface area (Å²) in [6.07, 6.45) is 3.15. The number of piperidine rings is 2. The van der Waals surface area contributed by atoms with E-state index in [9.17, 15) is 22.8 Å². The number of benzene rings is 2. The molecule has 2 aromatic carbocycles. The number of carbonyl (C=O) groups excluding carboxylic acids is 3. The number of hydrogen-bond donors (Lipinski definition) is 3. The van der Waals surface area contributed by atoms with Gasteiger partial charge in [-0.1, -0.05) is 17.7 Å². The second-order valence-corrected chi connectivity index (χ2v) is 12.1. The number of hydrogen-bond acceptors (Lipinski definition) is 7. The van der Waals surface area contributed by atoms with Crippen LogP contribution in [0.3, 0.4) is 0 Å². The van der Waals surface area contributed by atoms with Gasteiger partial charge < -0.3 is 15.1 Å². The van der Waals surface area contributed by atoms with E-state index in [1.165, 1.54) is 25.0 Å². The molecule has 0 aliphatic carbocycles. The predicted molar refractivity (Wildman–Crippen MR) is 140 cm³/mol. The Morgan fingerprint density at radius 2 is 1.68 bits per heavy atom. The van der Waals surface area contributed by atoms with Crippen molar-refractivity contribution in [3.8, 4) is 0 Å². The fourth-order valence-corrected chi connectivity index (χ4v) is 6.17. The maximum absolute atomic E-state index is 12.8. The molecule has 38 heavy (non-hydrogen) atoms. The van der Waals surface area contributed by atoms with E-state index >= 15 is 0 Å². The van der Waals surface area contributed by atoms with Crippen molar-refractivity contribution in [2.45, 2.75) is 50.1 Å². The zero-order valence-electron chi connectivity index (χ0n) is 21.3. The van der Waals surface area contributed by atoms with Crippen LogP contribution in [0, 0.1) is 12.3 Å². The zero-order chi connectivity index (χ0) is 27.1. The van der Waals surface area contributed by atoms with Crippen LogP contribution in [0.4, 0.5) is 5.69 Å². The average Bonchev–Trinajstić information content (AvgIpc) is 3.18. The van der Waals surface area contributed by atoms with Gasteiger partial charge >= 0.3 is 0 Å². The molecule has 1 atom stereocenters. The van der Waals surface area contributed by atoms with Crippen molar-refractivity contribution in [2.75, 3.05) is 31.1 Å². The first-order chi connectivity index (χ1) is 18.0. The third-order valence-corrected chi connectivity index (χ3v) is 8.78. The van der Waals surface area contributed by atoms with E-state index in [0.29, 0.717) is 23.9 Å². The van der Waals surface area contributed by atoms with Gasteiger partial charge in [0.05, 0.1) is 4.90 Å². The van der Waals surface area contributed by atoms with Crippen LogP contribution in [0.2, 0.25) is 0 Å². The number of amides is 3. The number of nitrogens with zero attached hydrogens (tertiary/aromatic N) is 2. The van der Waals surface area contributed by atoms with E-state index in [-0.39, 0.29) is 29.0 Å². The zero-order valence-corrected chi connectivity index (χ0v) is 22.1. The summed E-state index contributed by atoms with van der Waals surface area (Å²) < 4.78 is 29.6. The molecule has 0 unspecified atom stereocenters. The minimum absolute atomic E-state index is 0.0666. The Morgan fingerprint density at radius 3 is 2.32 bits per heavy atom. The molecule has 6 rings (SSSR count). The summed E-state index contributed by atoms with van der Waals surface area (Å²) in [6, 6.07) is 11.5. The highest BCUT2D eigenvalue weighted by Gasteiger charge is 2.44. The Bertz CT molecular complexity index is 1360. The third kappa shape index (κ3) is 5.31. The first kappa shape index (κ1) is 26.3. The highest BCUT2D eigenvalue weighted by molar-refractivity contribution is 7.85. The second-order valence-electron chi connectivity index (χ2n) is 10.6. The molecule has 4 heterocycles. The highest BCUT2D eigenvalue weighted by atomic mass is 32.2. The van der Waals surface area contributed by atoms with E-state index in [4.69, 9.17) is 4.55 Å². The average molecular weight is 541 g/mol. The Kier molecular flexibility index (Phi) is 7.01. The van der Waals surface area contributed by atoms with Crippen molar-refractivity contribution in [3.63, 3.8) is 0 Å². The summed E-state index contributed by atoms with van der Waals surface area (Å²) in [7, 11) is -4.02. The molecule has 4 aliphatic heterocycles. The number of rotatable bonds is 3. The van der Waals surface area contributed by atoms with Gasteiger partial charge in [-0.3, -0.25) is 24.3 Å². The molecule has 3 N–H and O–H groups in total. The normalized spacial score (nSPS) is 22.4. The van der Waals surface area contributed by atoms with Crippen LogP contribution in [0.5, 0.6) is 0 Å². The molecule has 11 heteroatoms. The van der Waals surface area contributed by atoms with Crippen LogP contribution in [0.1, 0.15) is 47.2 Å². The highest BCUT2D eigenvalue weighted by Crippen LogP contribution is 2.42. The smallest absolute Gasteiger partial charge is 0.294 e. The lowest BCUT2D eigenvalue weighted by atomic mass is 9.72. The Hall–Kier alpha value is -3.28. The molecular formula is C27H32N4O6S. The molecule has 0 bridgehead atoms. The third-order valence-electron chi connectivity index (χ3n) is 7.91. The van der Waals surface area contributed by atoms with Gasteiger partial charge in [0.1, 0.15) is 6.04 Å². The number of fused-ring (bicyclic) bond motifs is 1. The minimum atomic E-state index is -4.02. The van der Waals surface area contributed by atoms with Gasteiger partial charge in [-0.25, -0.2) is 0 Å². The van der Waals surface area contributed by atoms with Gasteiger partial charge in [0.25, 0.3) is 16.0 Å². The molecule has 10 nitrogen and oxygen atoms in total. The molecular weight excluding hydrogens is 508 g/mol. The fraction of sp³-hybridized carbons (Fsp3) is 0.444. The van der Waals surface area contributed by atoms with Gasteiger partial charge in [0.2, 0.25) is 11.8 Å². The van der Waals surface area contributed by atoms with E-state index in [0.717, 1.165) is 43.0 Å². The number of anilines is 1. The van der Waals surface area contributed by atoms with Crippen LogP contribution in [0.15, 0.2) is 47.4 Å². The summed E-state index contributed by atoms with van der Waals surface area (Å²) in [5.74, 6) is -0.722. The Balaban J connectivity index is 0.000000226. The first-order valence-electron chi connectivity index (χ1n) is 12.8. The second kappa shape index (κ2) is 10.1. The lowest BCUT2D eigenvalue weighted by Crippen LogP contribution is -2.60. The first-order valence-corrected chi connectivity index (χ1v) is 14.3. The van der Waals surface area contributed by atoms with Crippen LogP contribution < -0.4 is 15.5 Å². The topological polar surface area (TPSA) is 136 Å². The predicted octanol–water partition coefficient (Wildman–Crippen LogP) is 1.88. The maximum Gasteiger partial charge on any atom is 0.294 e. The lowest BCUT2D eigenvalue weighted by Gasteiger charge is -2.53. The minimum Gasteiger partial charge on any atom is -0.370 e. The molecule has 3 saturated heterocycles. The number of imide groups is 1. The van der Waals surface area contributed by atoms with Gasteiger partial charge in [-0.05, 0) is 75.2 Å². The number of aryl methyl sites for hydroxylation is 1. The van der Waals surface area contributed by atoms with E-state index in [1.54, 1.807) is 17.0 Å². The van der Waals surface area contributed by atoms with Crippen molar-refractivity contribution in [3.05, 3.63) is 59.2 Å². The van der Waals surface area contributed by atoms with Crippen molar-refractivity contribution in [1.82, 2.24) is 15.5 Å². The van der Waals surface area contributed by atoms with Crippen molar-refractivity contribution in [2.24, 2.45) is 5.41 Å². The molecule has 2 aromatic rings. The quantitative estimate of drug-likeness (QED) is 0.397. The molecule has 0 aromatic heterocycles. The molecule has 0 saturated carbocycles. The fourth-order valence-electron chi connectivity index (χ4n) is 5.69. The van der Waals surface area contributed by atoms with Crippen LogP contribution in [0.25, 0.3) is 0 Å². The number of carbonyl (C=O) groups is 3. The van der Waals surface area contributed by atoms with Crippen molar-refractivity contribution < 1.29 is 27.4 Å². The van der Waals surface area contributed by atoms with E-state index < -0.39 is 16.2 Å². The molecule has 4 aliphatic rings. The van der Waals surface area contributed by atoms with E-state index in [2.05, 4.69) is 21.6 Å². The van der Waals surface area contributed by atoms with Crippen LogP contribution >= 0.6 is 0 Å². The van der Waals surface area contributed by atoms with Crippen LogP contribution in [-0.2, 0) is 26.3 Å². The molecule has 3 fully saturated rings. The maximum atomic E-state index is 12.8. The summed E-state index contributed by atoms with van der Waals surface area (Å²) >= 11 is 0. The largest absolute Gasteiger partial charge is 0.370 e. The molecule has 0 radical (unpaired) electrons. The van der Waals surface area contributed by atoms with Crippen molar-refractivity contribution >= 4 is 33.5 Å². The summed E-state index contributed by atoms with van der Waals surface area (Å²) in [5.41, 5.74) is 4.24. The summed E-state index contributed by atoms with van der Waals surface area (Å²) in [4.78, 5) is 40.2. The molecule has 3 amide bonds. The number of nitrogens with one attached hydrogen (secondary N) is 2. The summed E-state index contributed by atoms with van der Waals surface area (Å²) in [5, 5.41) is 5.78. The Morgan fingerprint density at radius 1 is 1.00 bits per heavy atom. The SMILES string of the molecule is Cc1ccc(S(=O)(=O)O)cc1.O=C1CC[C@H](N2Cc3cc(N4CC5(CCNCC5)C4)ccc3C2=O)C(=O)N1. The van der Waals surface area contributed by atoms with Gasteiger partial charge in [0, 0.05) is 42.7 Å². The summed E-state index contributed by atoms with van der Waals surface area (Å²) in [6.45, 7) is 6.66. The van der Waals surface area contributed by atoms with Crippen LogP contribution in [-0.4, -0.2) is 67.8 Å². The monoisotopic (exact) mass is 540 g/mol. The van der Waals surface area contributed by atoms with Gasteiger partial charge in [-0.2, -0.15) is 8.42 Å². The molecule has 1 spiro atoms. The Labute approximate surface area is 222 Å².